The maximum Gasteiger partial charge on any atom is 0.242 e. The normalized spacial score (nSPS) is 12.0. The van der Waals surface area contributed by atoms with E-state index in [2.05, 4.69) is 10.6 Å². The summed E-state index contributed by atoms with van der Waals surface area (Å²) in [5.74, 6) is -0.215. The van der Waals surface area contributed by atoms with Crippen molar-refractivity contribution in [2.45, 2.75) is 39.2 Å². The van der Waals surface area contributed by atoms with E-state index < -0.39 is 6.04 Å². The van der Waals surface area contributed by atoms with E-state index in [0.29, 0.717) is 6.42 Å². The second kappa shape index (κ2) is 8.29. The van der Waals surface area contributed by atoms with Crippen LogP contribution in [-0.4, -0.2) is 30.0 Å². The molecule has 0 fully saturated rings. The molecule has 0 aliphatic heterocycles. The molecule has 0 radical (unpaired) electrons. The van der Waals surface area contributed by atoms with Crippen LogP contribution in [0.4, 0.5) is 0 Å². The van der Waals surface area contributed by atoms with Crippen LogP contribution in [0.15, 0.2) is 24.3 Å². The van der Waals surface area contributed by atoms with Gasteiger partial charge in [-0.1, -0.05) is 26.0 Å². The lowest BCUT2D eigenvalue weighted by molar-refractivity contribution is -0.130. The molecule has 3 N–H and O–H groups in total. The number of phenols is 1. The van der Waals surface area contributed by atoms with Gasteiger partial charge < -0.3 is 15.7 Å². The summed E-state index contributed by atoms with van der Waals surface area (Å²) in [7, 11) is 1.56. The molecule has 0 spiro atoms. The van der Waals surface area contributed by atoms with Crippen LogP contribution in [-0.2, 0) is 16.0 Å². The standard InChI is InChI=1S/C16H24N2O3/c1-11(2)15(20)18-14(16(21)17-3)9-5-7-12-6-4-8-13(19)10-12/h4,6,8,10-11,14,19H,5,7,9H2,1-3H3,(H,17,21)(H,18,20). The van der Waals surface area contributed by atoms with Gasteiger partial charge in [-0.25, -0.2) is 0 Å². The predicted octanol–water partition coefficient (Wildman–Crippen LogP) is 1.60. The fraction of sp³-hybridized carbons (Fsp3) is 0.500. The molecular formula is C16H24N2O3. The number of amides is 2. The van der Waals surface area contributed by atoms with E-state index in [1.807, 2.05) is 6.07 Å². The molecule has 1 unspecified atom stereocenters. The molecule has 0 bridgehead atoms. The molecule has 0 aliphatic rings. The van der Waals surface area contributed by atoms with Crippen LogP contribution in [0.5, 0.6) is 5.75 Å². The van der Waals surface area contributed by atoms with E-state index in [9.17, 15) is 14.7 Å². The molecule has 1 aromatic rings. The van der Waals surface area contributed by atoms with E-state index in [4.69, 9.17) is 0 Å². The molecule has 21 heavy (non-hydrogen) atoms. The molecule has 0 aliphatic carbocycles. The molecule has 1 rings (SSSR count). The lowest BCUT2D eigenvalue weighted by atomic mass is 10.0. The molecule has 1 atom stereocenters. The van der Waals surface area contributed by atoms with E-state index in [-0.39, 0.29) is 23.5 Å². The van der Waals surface area contributed by atoms with E-state index in [1.54, 1.807) is 39.1 Å². The number of aryl methyl sites for hydroxylation is 1. The van der Waals surface area contributed by atoms with Crippen LogP contribution in [0.1, 0.15) is 32.3 Å². The van der Waals surface area contributed by atoms with Gasteiger partial charge in [-0.05, 0) is 37.0 Å². The van der Waals surface area contributed by atoms with Crippen molar-refractivity contribution in [2.24, 2.45) is 5.92 Å². The highest BCUT2D eigenvalue weighted by Gasteiger charge is 2.20. The van der Waals surface area contributed by atoms with Crippen molar-refractivity contribution in [1.82, 2.24) is 10.6 Å². The minimum atomic E-state index is -0.512. The molecule has 0 saturated heterocycles. The Kier molecular flexibility index (Phi) is 6.72. The number of carbonyl (C=O) groups excluding carboxylic acids is 2. The highest BCUT2D eigenvalue weighted by atomic mass is 16.3. The molecule has 0 heterocycles. The number of hydrogen-bond donors (Lipinski definition) is 3. The molecule has 2 amide bonds. The Morgan fingerprint density at radius 1 is 1.24 bits per heavy atom. The van der Waals surface area contributed by atoms with E-state index in [0.717, 1.165) is 18.4 Å². The summed E-state index contributed by atoms with van der Waals surface area (Å²) in [6, 6.07) is 6.55. The van der Waals surface area contributed by atoms with Crippen LogP contribution in [0.25, 0.3) is 0 Å². The third-order valence-corrected chi connectivity index (χ3v) is 3.27. The zero-order valence-electron chi connectivity index (χ0n) is 12.8. The van der Waals surface area contributed by atoms with Gasteiger partial charge in [-0.3, -0.25) is 9.59 Å². The highest BCUT2D eigenvalue weighted by Crippen LogP contribution is 2.14. The molecular weight excluding hydrogens is 268 g/mol. The molecule has 0 aromatic heterocycles. The van der Waals surface area contributed by atoms with Gasteiger partial charge in [0, 0.05) is 13.0 Å². The first-order chi connectivity index (χ1) is 9.93. The average Bonchev–Trinajstić information content (AvgIpc) is 2.45. The third-order valence-electron chi connectivity index (χ3n) is 3.27. The molecule has 116 valence electrons. The summed E-state index contributed by atoms with van der Waals surface area (Å²) in [5, 5.41) is 14.7. The lowest BCUT2D eigenvalue weighted by Gasteiger charge is -2.18. The van der Waals surface area contributed by atoms with Crippen LogP contribution < -0.4 is 10.6 Å². The number of aromatic hydroxyl groups is 1. The smallest absolute Gasteiger partial charge is 0.242 e. The van der Waals surface area contributed by atoms with Crippen molar-refractivity contribution in [3.05, 3.63) is 29.8 Å². The minimum absolute atomic E-state index is 0.124. The summed E-state index contributed by atoms with van der Waals surface area (Å²) in [6.07, 6.45) is 2.06. The summed E-state index contributed by atoms with van der Waals surface area (Å²) >= 11 is 0. The monoisotopic (exact) mass is 292 g/mol. The van der Waals surface area contributed by atoms with Crippen LogP contribution in [0, 0.1) is 5.92 Å². The summed E-state index contributed by atoms with van der Waals surface area (Å²) in [4.78, 5) is 23.5. The topological polar surface area (TPSA) is 78.4 Å². The second-order valence-electron chi connectivity index (χ2n) is 5.39. The lowest BCUT2D eigenvalue weighted by Crippen LogP contribution is -2.47. The Hall–Kier alpha value is -2.04. The van der Waals surface area contributed by atoms with Crippen LogP contribution >= 0.6 is 0 Å². The van der Waals surface area contributed by atoms with Gasteiger partial charge in [0.25, 0.3) is 0 Å². The largest absolute Gasteiger partial charge is 0.508 e. The summed E-state index contributed by atoms with van der Waals surface area (Å²) < 4.78 is 0. The van der Waals surface area contributed by atoms with Gasteiger partial charge in [-0.15, -0.1) is 0 Å². The van der Waals surface area contributed by atoms with Crippen LogP contribution in [0.3, 0.4) is 0 Å². The number of phenolic OH excluding ortho intramolecular Hbond substituents is 1. The maximum absolute atomic E-state index is 11.8. The first-order valence-corrected chi connectivity index (χ1v) is 7.24. The number of benzene rings is 1. The molecule has 0 saturated carbocycles. The quantitative estimate of drug-likeness (QED) is 0.714. The van der Waals surface area contributed by atoms with Crippen molar-refractivity contribution in [3.8, 4) is 5.75 Å². The Morgan fingerprint density at radius 3 is 2.52 bits per heavy atom. The van der Waals surface area contributed by atoms with E-state index >= 15 is 0 Å². The van der Waals surface area contributed by atoms with Crippen molar-refractivity contribution >= 4 is 11.8 Å². The van der Waals surface area contributed by atoms with Gasteiger partial charge in [0.2, 0.25) is 11.8 Å². The molecule has 5 nitrogen and oxygen atoms in total. The first-order valence-electron chi connectivity index (χ1n) is 7.24. The average molecular weight is 292 g/mol. The molecule has 5 heteroatoms. The Labute approximate surface area is 125 Å². The number of rotatable bonds is 7. The highest BCUT2D eigenvalue weighted by molar-refractivity contribution is 5.88. The third kappa shape index (κ3) is 5.85. The zero-order chi connectivity index (χ0) is 15.8. The first kappa shape index (κ1) is 17.0. The van der Waals surface area contributed by atoms with Crippen LogP contribution in [0.2, 0.25) is 0 Å². The number of hydrogen-bond acceptors (Lipinski definition) is 3. The number of nitrogens with one attached hydrogen (secondary N) is 2. The van der Waals surface area contributed by atoms with Crippen molar-refractivity contribution in [1.29, 1.82) is 0 Å². The maximum atomic E-state index is 11.8. The van der Waals surface area contributed by atoms with Gasteiger partial charge in [0.1, 0.15) is 11.8 Å². The SMILES string of the molecule is CNC(=O)C(CCCc1cccc(O)c1)NC(=O)C(C)C. The van der Waals surface area contributed by atoms with E-state index in [1.165, 1.54) is 0 Å². The zero-order valence-corrected chi connectivity index (χ0v) is 12.8. The Bertz CT molecular complexity index is 486. The Morgan fingerprint density at radius 2 is 1.95 bits per heavy atom. The second-order valence-corrected chi connectivity index (χ2v) is 5.39. The fourth-order valence-corrected chi connectivity index (χ4v) is 2.00. The summed E-state index contributed by atoms with van der Waals surface area (Å²) in [6.45, 7) is 3.59. The predicted molar refractivity (Wildman–Crippen MR) is 81.9 cm³/mol. The van der Waals surface area contributed by atoms with Crippen molar-refractivity contribution < 1.29 is 14.7 Å². The fourth-order valence-electron chi connectivity index (χ4n) is 2.00. The van der Waals surface area contributed by atoms with Gasteiger partial charge >= 0.3 is 0 Å². The number of carbonyl (C=O) groups is 2. The minimum Gasteiger partial charge on any atom is -0.508 e. The van der Waals surface area contributed by atoms with Crippen molar-refractivity contribution in [3.63, 3.8) is 0 Å². The van der Waals surface area contributed by atoms with Crippen molar-refractivity contribution in [2.75, 3.05) is 7.05 Å². The summed E-state index contributed by atoms with van der Waals surface area (Å²) in [5.41, 5.74) is 1.01. The Balaban J connectivity index is 2.53. The van der Waals surface area contributed by atoms with Gasteiger partial charge in [0.05, 0.1) is 0 Å². The number of likely N-dealkylation sites (N-methyl/N-ethyl adjacent to an activating group) is 1. The van der Waals surface area contributed by atoms with Gasteiger partial charge in [0.15, 0.2) is 0 Å². The molecule has 1 aromatic carbocycles. The van der Waals surface area contributed by atoms with Gasteiger partial charge in [-0.2, -0.15) is 0 Å².